The van der Waals surface area contributed by atoms with E-state index in [9.17, 15) is 4.79 Å². The Balaban J connectivity index is 2.46. The average Bonchev–Trinajstić information content (AvgIpc) is 2.14. The van der Waals surface area contributed by atoms with E-state index in [-0.39, 0.29) is 5.91 Å². The number of nitrogens with two attached hydrogens (primary N) is 1. The first-order chi connectivity index (χ1) is 6.50. The van der Waals surface area contributed by atoms with Crippen molar-refractivity contribution in [3.05, 3.63) is 30.1 Å². The summed E-state index contributed by atoms with van der Waals surface area (Å²) in [5, 5.41) is 2.71. The minimum atomic E-state index is -0.839. The zero-order chi connectivity index (χ0) is 10.6. The minimum absolute atomic E-state index is 0.178. The Bertz CT molecular complexity index is 303. The highest BCUT2D eigenvalue weighted by Gasteiger charge is 2.20. The zero-order valence-electron chi connectivity index (χ0n) is 8.45. The first-order valence-corrected chi connectivity index (χ1v) is 4.47. The van der Waals surface area contributed by atoms with E-state index in [0.717, 1.165) is 5.69 Å². The summed E-state index contributed by atoms with van der Waals surface area (Å²) in [5.74, 6) is -0.178. The molecule has 0 aliphatic carbocycles. The van der Waals surface area contributed by atoms with E-state index in [4.69, 9.17) is 5.73 Å². The number of hydrogen-bond acceptors (Lipinski definition) is 3. The van der Waals surface area contributed by atoms with E-state index in [2.05, 4.69) is 10.3 Å². The van der Waals surface area contributed by atoms with E-state index >= 15 is 0 Å². The van der Waals surface area contributed by atoms with Crippen LogP contribution in [0.5, 0.6) is 0 Å². The first-order valence-electron chi connectivity index (χ1n) is 4.47. The SMILES string of the molecule is CC(C)(N)C(=O)NCc1ccccn1. The molecule has 1 amide bonds. The van der Waals surface area contributed by atoms with Crippen molar-refractivity contribution in [2.24, 2.45) is 5.73 Å². The van der Waals surface area contributed by atoms with Gasteiger partial charge in [-0.2, -0.15) is 0 Å². The number of pyridine rings is 1. The lowest BCUT2D eigenvalue weighted by atomic mass is 10.1. The summed E-state index contributed by atoms with van der Waals surface area (Å²) in [6, 6.07) is 5.56. The molecule has 4 nitrogen and oxygen atoms in total. The van der Waals surface area contributed by atoms with Crippen molar-refractivity contribution in [1.29, 1.82) is 0 Å². The van der Waals surface area contributed by atoms with Gasteiger partial charge in [-0.15, -0.1) is 0 Å². The molecule has 0 saturated carbocycles. The number of carbonyl (C=O) groups excluding carboxylic acids is 1. The normalized spacial score (nSPS) is 11.1. The highest BCUT2D eigenvalue weighted by Crippen LogP contribution is 1.97. The summed E-state index contributed by atoms with van der Waals surface area (Å²) in [6.07, 6.45) is 1.69. The molecular formula is C10H15N3O. The number of nitrogens with one attached hydrogen (secondary N) is 1. The molecule has 0 atom stereocenters. The van der Waals surface area contributed by atoms with E-state index in [0.29, 0.717) is 6.54 Å². The second-order valence-corrected chi connectivity index (χ2v) is 3.73. The van der Waals surface area contributed by atoms with Crippen LogP contribution in [0.4, 0.5) is 0 Å². The van der Waals surface area contributed by atoms with E-state index in [1.54, 1.807) is 20.0 Å². The van der Waals surface area contributed by atoms with Crippen LogP contribution in [0.15, 0.2) is 24.4 Å². The van der Waals surface area contributed by atoms with Crippen molar-refractivity contribution in [1.82, 2.24) is 10.3 Å². The van der Waals surface area contributed by atoms with Crippen LogP contribution >= 0.6 is 0 Å². The fourth-order valence-corrected chi connectivity index (χ4v) is 0.901. The maximum atomic E-state index is 11.4. The molecule has 1 aromatic rings. The maximum absolute atomic E-state index is 11.4. The van der Waals surface area contributed by atoms with Crippen molar-refractivity contribution in [3.63, 3.8) is 0 Å². The molecule has 1 rings (SSSR count). The van der Waals surface area contributed by atoms with Gasteiger partial charge in [-0.3, -0.25) is 9.78 Å². The number of rotatable bonds is 3. The van der Waals surface area contributed by atoms with Crippen molar-refractivity contribution < 1.29 is 4.79 Å². The van der Waals surface area contributed by atoms with E-state index in [1.807, 2.05) is 18.2 Å². The molecular weight excluding hydrogens is 178 g/mol. The number of hydrogen-bond donors (Lipinski definition) is 2. The van der Waals surface area contributed by atoms with Crippen LogP contribution in [0, 0.1) is 0 Å². The van der Waals surface area contributed by atoms with Crippen LogP contribution in [0.25, 0.3) is 0 Å². The van der Waals surface area contributed by atoms with Gasteiger partial charge in [-0.25, -0.2) is 0 Å². The van der Waals surface area contributed by atoms with Crippen molar-refractivity contribution in [2.75, 3.05) is 0 Å². The Labute approximate surface area is 83.5 Å². The highest BCUT2D eigenvalue weighted by atomic mass is 16.2. The van der Waals surface area contributed by atoms with Crippen LogP contribution in [0.3, 0.4) is 0 Å². The predicted molar refractivity (Wildman–Crippen MR) is 54.4 cm³/mol. The van der Waals surface area contributed by atoms with E-state index in [1.165, 1.54) is 0 Å². The molecule has 1 heterocycles. The van der Waals surface area contributed by atoms with E-state index < -0.39 is 5.54 Å². The number of carbonyl (C=O) groups is 1. The quantitative estimate of drug-likeness (QED) is 0.731. The van der Waals surface area contributed by atoms with Gasteiger partial charge in [0.15, 0.2) is 0 Å². The smallest absolute Gasteiger partial charge is 0.239 e. The largest absolute Gasteiger partial charge is 0.349 e. The summed E-state index contributed by atoms with van der Waals surface area (Å²) in [7, 11) is 0. The molecule has 1 aromatic heterocycles. The Hall–Kier alpha value is -1.42. The van der Waals surface area contributed by atoms with Gasteiger partial charge in [0.2, 0.25) is 5.91 Å². The number of amides is 1. The molecule has 14 heavy (non-hydrogen) atoms. The summed E-state index contributed by atoms with van der Waals surface area (Å²) >= 11 is 0. The lowest BCUT2D eigenvalue weighted by Crippen LogP contribution is -2.48. The fraction of sp³-hybridized carbons (Fsp3) is 0.400. The van der Waals surface area contributed by atoms with Gasteiger partial charge < -0.3 is 11.1 Å². The zero-order valence-corrected chi connectivity index (χ0v) is 8.45. The molecule has 0 saturated heterocycles. The van der Waals surface area contributed by atoms with Crippen LogP contribution in [-0.4, -0.2) is 16.4 Å². The topological polar surface area (TPSA) is 68.0 Å². The van der Waals surface area contributed by atoms with Gasteiger partial charge >= 0.3 is 0 Å². The second-order valence-electron chi connectivity index (χ2n) is 3.73. The molecule has 0 fully saturated rings. The van der Waals surface area contributed by atoms with Crippen LogP contribution < -0.4 is 11.1 Å². The molecule has 76 valence electrons. The molecule has 0 unspecified atom stereocenters. The van der Waals surface area contributed by atoms with Crippen LogP contribution in [0.1, 0.15) is 19.5 Å². The Morgan fingerprint density at radius 1 is 1.57 bits per heavy atom. The standard InChI is InChI=1S/C10H15N3O/c1-10(2,11)9(14)13-7-8-5-3-4-6-12-8/h3-6H,7,11H2,1-2H3,(H,13,14). The van der Waals surface area contributed by atoms with Gasteiger partial charge in [-0.1, -0.05) is 6.07 Å². The third kappa shape index (κ3) is 3.14. The third-order valence-corrected chi connectivity index (χ3v) is 1.74. The lowest BCUT2D eigenvalue weighted by molar-refractivity contribution is -0.125. The minimum Gasteiger partial charge on any atom is -0.349 e. The van der Waals surface area contributed by atoms with Crippen molar-refractivity contribution in [3.8, 4) is 0 Å². The number of aromatic nitrogens is 1. The van der Waals surface area contributed by atoms with Gasteiger partial charge in [0.1, 0.15) is 0 Å². The first kappa shape index (κ1) is 10.7. The molecule has 3 N–H and O–H groups in total. The summed E-state index contributed by atoms with van der Waals surface area (Å²) in [5.41, 5.74) is 5.60. The van der Waals surface area contributed by atoms with Crippen LogP contribution in [0.2, 0.25) is 0 Å². The molecule has 0 aliphatic heterocycles. The average molecular weight is 193 g/mol. The van der Waals surface area contributed by atoms with Crippen molar-refractivity contribution in [2.45, 2.75) is 25.9 Å². The van der Waals surface area contributed by atoms with Gasteiger partial charge in [0, 0.05) is 6.20 Å². The Kier molecular flexibility index (Phi) is 3.19. The lowest BCUT2D eigenvalue weighted by Gasteiger charge is -2.17. The molecule has 4 heteroatoms. The van der Waals surface area contributed by atoms with Crippen LogP contribution in [-0.2, 0) is 11.3 Å². The Morgan fingerprint density at radius 2 is 2.29 bits per heavy atom. The Morgan fingerprint density at radius 3 is 2.79 bits per heavy atom. The molecule has 0 aliphatic rings. The maximum Gasteiger partial charge on any atom is 0.239 e. The molecule has 0 spiro atoms. The summed E-state index contributed by atoms with van der Waals surface area (Å²) in [6.45, 7) is 3.75. The fourth-order valence-electron chi connectivity index (χ4n) is 0.901. The predicted octanol–water partition coefficient (Wildman–Crippen LogP) is 0.435. The molecule has 0 radical (unpaired) electrons. The van der Waals surface area contributed by atoms with Gasteiger partial charge in [-0.05, 0) is 26.0 Å². The van der Waals surface area contributed by atoms with Crippen molar-refractivity contribution >= 4 is 5.91 Å². The second kappa shape index (κ2) is 4.19. The summed E-state index contributed by atoms with van der Waals surface area (Å²) < 4.78 is 0. The molecule has 0 aromatic carbocycles. The highest BCUT2D eigenvalue weighted by molar-refractivity contribution is 5.84. The van der Waals surface area contributed by atoms with Gasteiger partial charge in [0.05, 0.1) is 17.8 Å². The number of nitrogens with zero attached hydrogens (tertiary/aromatic N) is 1. The third-order valence-electron chi connectivity index (χ3n) is 1.74. The summed E-state index contributed by atoms with van der Waals surface area (Å²) in [4.78, 5) is 15.5. The molecule has 0 bridgehead atoms. The monoisotopic (exact) mass is 193 g/mol. The van der Waals surface area contributed by atoms with Gasteiger partial charge in [0.25, 0.3) is 0 Å².